The second-order valence-corrected chi connectivity index (χ2v) is 32.3. The average molecular weight is 1840 g/mol. The minimum atomic E-state index is -0.507. The third-order valence-electron chi connectivity index (χ3n) is 23.0. The number of ether oxygens (including phenoxy) is 10. The third-order valence-corrected chi connectivity index (χ3v) is 23.0. The summed E-state index contributed by atoms with van der Waals surface area (Å²) in [6.45, 7) is 7.83. The highest BCUT2D eigenvalue weighted by molar-refractivity contribution is 6.01. The molecule has 0 radical (unpaired) electrons. The molecule has 6 amide bonds. The highest BCUT2D eigenvalue weighted by Gasteiger charge is 2.40. The largest absolute Gasteiger partial charge is 0.494 e. The summed E-state index contributed by atoms with van der Waals surface area (Å²) in [6.07, 6.45) is 0.890. The van der Waals surface area contributed by atoms with Crippen molar-refractivity contribution in [2.24, 2.45) is 0 Å². The molecule has 0 unspecified atom stereocenters. The molecule has 0 aromatic heterocycles. The summed E-state index contributed by atoms with van der Waals surface area (Å²) in [6, 6.07) is 124. The van der Waals surface area contributed by atoms with Gasteiger partial charge in [-0.25, -0.2) is 0 Å². The van der Waals surface area contributed by atoms with Crippen LogP contribution in [0.2, 0.25) is 0 Å². The lowest BCUT2D eigenvalue weighted by atomic mass is 9.65. The number of hydrogen-bond acceptors (Lipinski definition) is 16. The van der Waals surface area contributed by atoms with Crippen LogP contribution in [0.25, 0.3) is 0 Å². The van der Waals surface area contributed by atoms with Gasteiger partial charge in [0, 0.05) is 61.5 Å². The Morgan fingerprint density at radius 2 is 0.423 bits per heavy atom. The van der Waals surface area contributed by atoms with Gasteiger partial charge < -0.3 is 79.3 Å². The predicted octanol–water partition coefficient (Wildman–Crippen LogP) is 18.0. The fourth-order valence-electron chi connectivity index (χ4n) is 16.1. The molecule has 18 rings (SSSR count). The molecule has 0 fully saturated rings. The molecule has 0 spiro atoms. The summed E-state index contributed by atoms with van der Waals surface area (Å²) in [5, 5.41) is 17.1. The number of nitrogens with one attached hydrogen (secondary N) is 6. The van der Waals surface area contributed by atoms with Crippen molar-refractivity contribution < 1.29 is 76.1 Å². The first-order chi connectivity index (χ1) is 67.4. The first kappa shape index (κ1) is 97.6. The number of amides is 6. The summed E-state index contributed by atoms with van der Waals surface area (Å²) < 4.78 is 58.5. The van der Waals surface area contributed by atoms with Crippen LogP contribution in [0.4, 0.5) is 0 Å². The number of carbonyl (C=O) groups excluding carboxylic acids is 6. The maximum absolute atomic E-state index is 12.7. The first-order valence-corrected chi connectivity index (χ1v) is 46.3. The molecular weight excluding hydrogens is 1720 g/mol. The highest BCUT2D eigenvalue weighted by Crippen LogP contribution is 2.47. The molecule has 137 heavy (non-hydrogen) atoms. The molecule has 4 heterocycles. The van der Waals surface area contributed by atoms with E-state index < -0.39 is 10.8 Å². The minimum Gasteiger partial charge on any atom is -0.494 e. The molecule has 0 saturated carbocycles. The van der Waals surface area contributed by atoms with Crippen molar-refractivity contribution in [2.75, 3.05) is 106 Å². The average Bonchev–Trinajstić information content (AvgIpc) is 0.739. The predicted molar refractivity (Wildman–Crippen MR) is 529 cm³/mol. The van der Waals surface area contributed by atoms with Crippen LogP contribution in [0, 0.1) is 0 Å². The van der Waals surface area contributed by atoms with Gasteiger partial charge in [0.15, 0.2) is 0 Å². The smallest absolute Gasteiger partial charge is 0.251 e. The van der Waals surface area contributed by atoms with E-state index in [4.69, 9.17) is 47.4 Å². The molecule has 14 aromatic rings. The van der Waals surface area contributed by atoms with Crippen molar-refractivity contribution in [1.82, 2.24) is 31.9 Å². The monoisotopic (exact) mass is 1830 g/mol. The van der Waals surface area contributed by atoms with Gasteiger partial charge in [0.25, 0.3) is 23.6 Å². The van der Waals surface area contributed by atoms with Crippen LogP contribution in [0.3, 0.4) is 0 Å². The number of rotatable bonds is 42. The van der Waals surface area contributed by atoms with Gasteiger partial charge in [-0.3, -0.25) is 28.8 Å². The molecule has 4 aliphatic heterocycles. The number of benzene rings is 14. The van der Waals surface area contributed by atoms with E-state index in [1.807, 2.05) is 121 Å². The Kier molecular flexibility index (Phi) is 37.2. The van der Waals surface area contributed by atoms with Gasteiger partial charge >= 0.3 is 0 Å². The lowest BCUT2D eigenvalue weighted by Crippen LogP contribution is -2.33. The van der Waals surface area contributed by atoms with Crippen molar-refractivity contribution in [3.05, 3.63) is 465 Å². The molecule has 22 nitrogen and oxygen atoms in total. The Balaban J connectivity index is 0.000000310. The lowest BCUT2D eigenvalue weighted by molar-refractivity contribution is -0.129. The minimum absolute atomic E-state index is 0.256. The van der Waals surface area contributed by atoms with E-state index in [0.29, 0.717) is 190 Å². The maximum Gasteiger partial charge on any atom is 0.251 e. The van der Waals surface area contributed by atoms with E-state index in [0.717, 1.165) is 44.9 Å². The summed E-state index contributed by atoms with van der Waals surface area (Å²) in [7, 11) is 0. The van der Waals surface area contributed by atoms with Gasteiger partial charge in [-0.1, -0.05) is 267 Å². The zero-order valence-corrected chi connectivity index (χ0v) is 76.6. The fourth-order valence-corrected chi connectivity index (χ4v) is 16.1. The fraction of sp³-hybridized carbons (Fsp3) is 0.217. The number of carbonyl (C=O) groups is 6. The second-order valence-electron chi connectivity index (χ2n) is 32.3. The molecular formula is C115H114N6O16. The van der Waals surface area contributed by atoms with Crippen LogP contribution in [0.1, 0.15) is 127 Å². The Morgan fingerprint density at radius 1 is 0.226 bits per heavy atom. The van der Waals surface area contributed by atoms with Gasteiger partial charge in [-0.05, 0) is 189 Å². The summed E-state index contributed by atoms with van der Waals surface area (Å²) in [5.41, 5.74) is 13.6. The molecule has 8 bridgehead atoms. The Hall–Kier alpha value is -15.5. The molecule has 0 atom stereocenters. The normalized spacial score (nSPS) is 12.3. The van der Waals surface area contributed by atoms with Gasteiger partial charge in [-0.15, -0.1) is 0 Å². The summed E-state index contributed by atoms with van der Waals surface area (Å²) in [4.78, 5) is 75.8. The standard InChI is InChI=1S/C83H86N2O12.C32H28N4O4/c86-80(84-49-19-51-92-76-41-45-78(46-42-76)96-63-59-90-55-53-88-57-61-94-74-37-33-72(34-38-74)82(66-21-7-1-8-22-66,67-23-9-2-10-24-67)68-25-11-3-12-26-68)65-81(87)85-50-20-52-93-77-43-47-79(48-44-77)97-64-60-91-56-54-89-58-62-95-75-39-35-73(36-40-75)83(69-27-13-4-14-28-69,70-29-15-5-16-30-70)71-31-17-6-18-32-71;37-29-25-3-1-4-26(15-25)30(38)34-18-22-9-13-24(14-10-22)20-36-32(40)28-6-2-5-27(16-28)31(39)35-19-23-11-7-21(8-12-23)17-33-29/h1-18,21-48H,19-20,49-65H2,(H,84,86)(H,85,87);1-16H,17-20H2,(H,33,37)(H,34,38)(H,35,39)(H,36,40). The van der Waals surface area contributed by atoms with Crippen molar-refractivity contribution in [3.63, 3.8) is 0 Å². The molecule has 4 aliphatic rings. The van der Waals surface area contributed by atoms with Crippen molar-refractivity contribution in [2.45, 2.75) is 56.3 Å². The third kappa shape index (κ3) is 28.8. The van der Waals surface area contributed by atoms with Gasteiger partial charge in [0.1, 0.15) is 67.3 Å². The van der Waals surface area contributed by atoms with E-state index in [1.54, 1.807) is 48.5 Å². The number of hydrogen-bond donors (Lipinski definition) is 6. The van der Waals surface area contributed by atoms with Crippen LogP contribution < -0.4 is 60.3 Å². The van der Waals surface area contributed by atoms with Crippen molar-refractivity contribution >= 4 is 35.4 Å². The van der Waals surface area contributed by atoms with Crippen LogP contribution >= 0.6 is 0 Å². The topological polar surface area (TPSA) is 267 Å². The van der Waals surface area contributed by atoms with E-state index >= 15 is 0 Å². The Morgan fingerprint density at radius 3 is 0.650 bits per heavy atom. The summed E-state index contributed by atoms with van der Waals surface area (Å²) >= 11 is 0. The van der Waals surface area contributed by atoms with Crippen LogP contribution in [0.5, 0.6) is 34.5 Å². The van der Waals surface area contributed by atoms with Gasteiger partial charge in [0.2, 0.25) is 11.8 Å². The van der Waals surface area contributed by atoms with Crippen LogP contribution in [0.15, 0.2) is 376 Å². The molecule has 22 heteroatoms. The van der Waals surface area contributed by atoms with Crippen molar-refractivity contribution in [1.29, 1.82) is 0 Å². The van der Waals surface area contributed by atoms with Crippen LogP contribution in [-0.4, -0.2) is 141 Å². The quantitative estimate of drug-likeness (QED) is 0.0118. The second kappa shape index (κ2) is 52.3. The Bertz CT molecular complexity index is 5380. The molecule has 700 valence electrons. The zero-order chi connectivity index (χ0) is 94.6. The molecule has 6 N–H and O–H groups in total. The maximum atomic E-state index is 12.7. The van der Waals surface area contributed by atoms with E-state index in [9.17, 15) is 28.8 Å². The zero-order valence-electron chi connectivity index (χ0n) is 76.6. The van der Waals surface area contributed by atoms with E-state index in [-0.39, 0.29) is 41.9 Å². The Labute approximate surface area is 800 Å². The first-order valence-electron chi connectivity index (χ1n) is 46.3. The molecule has 0 aliphatic carbocycles. The summed E-state index contributed by atoms with van der Waals surface area (Å²) in [5.74, 6) is 2.50. The van der Waals surface area contributed by atoms with E-state index in [2.05, 4.69) is 238 Å². The van der Waals surface area contributed by atoms with Gasteiger partial charge in [0.05, 0.1) is 76.9 Å². The molecule has 14 aromatic carbocycles. The van der Waals surface area contributed by atoms with Crippen molar-refractivity contribution in [3.8, 4) is 34.5 Å². The lowest BCUT2D eigenvalue weighted by Gasteiger charge is -2.36. The van der Waals surface area contributed by atoms with E-state index in [1.165, 1.54) is 33.4 Å². The SMILES string of the molecule is O=C(CC(=O)NCCCOc1ccc(OCCOCCOCCOc2ccc(C(c3ccccc3)(c3ccccc3)c3ccccc3)cc2)cc1)NCCCOc1ccc(OCCOCCOCCOc2ccc(C(c3ccccc3)(c3ccccc3)c3ccccc3)cc2)cc1.O=C1NCc2ccc(cc2)CNC(=O)c2cccc(c2)C(=O)NCc2ccc(cc2)CNC(=O)c2cccc1c2. The van der Waals surface area contributed by atoms with Crippen LogP contribution in [-0.2, 0) is 65.5 Å². The molecule has 0 saturated heterocycles. The highest BCUT2D eigenvalue weighted by atomic mass is 16.6. The van der Waals surface area contributed by atoms with Gasteiger partial charge in [-0.2, -0.15) is 0 Å².